The normalized spacial score (nSPS) is 21.9. The molecule has 2 atom stereocenters. The van der Waals surface area contributed by atoms with Crippen LogP contribution in [0.4, 0.5) is 15.2 Å². The Balaban J connectivity index is 1.29. The summed E-state index contributed by atoms with van der Waals surface area (Å²) >= 11 is 7.74. The van der Waals surface area contributed by atoms with Crippen LogP contribution in [-0.4, -0.2) is 56.6 Å². The first-order chi connectivity index (χ1) is 13.1. The van der Waals surface area contributed by atoms with Crippen molar-refractivity contribution in [1.82, 2.24) is 30.4 Å². The van der Waals surface area contributed by atoms with E-state index in [4.69, 9.17) is 11.6 Å². The maximum atomic E-state index is 13.6. The van der Waals surface area contributed by atoms with Crippen LogP contribution in [0.3, 0.4) is 0 Å². The number of fused-ring (bicyclic) bond motifs is 1. The molecule has 140 valence electrons. The number of aryl methyl sites for hydroxylation is 1. The van der Waals surface area contributed by atoms with Crippen molar-refractivity contribution in [2.75, 3.05) is 36.0 Å². The zero-order valence-corrected chi connectivity index (χ0v) is 16.0. The van der Waals surface area contributed by atoms with E-state index >= 15 is 0 Å². The van der Waals surface area contributed by atoms with E-state index in [1.165, 1.54) is 28.3 Å². The lowest BCUT2D eigenvalue weighted by Crippen LogP contribution is -2.28. The van der Waals surface area contributed by atoms with Gasteiger partial charge in [-0.15, -0.1) is 20.4 Å². The zero-order chi connectivity index (χ0) is 18.5. The lowest BCUT2D eigenvalue weighted by Gasteiger charge is -2.23. The molecule has 2 fully saturated rings. The molecule has 0 spiro atoms. The Hall–Kier alpha value is -2.33. The molecule has 0 amide bonds. The molecule has 2 aliphatic heterocycles. The van der Waals surface area contributed by atoms with Crippen LogP contribution in [0, 0.1) is 17.7 Å². The molecular formula is C16H16ClFN8S. The predicted molar refractivity (Wildman–Crippen MR) is 101 cm³/mol. The third kappa shape index (κ3) is 3.02. The van der Waals surface area contributed by atoms with E-state index in [1.54, 1.807) is 13.1 Å². The van der Waals surface area contributed by atoms with Crippen LogP contribution in [0.5, 0.6) is 0 Å². The third-order valence-corrected chi connectivity index (χ3v) is 6.42. The highest BCUT2D eigenvalue weighted by atomic mass is 35.5. The third-order valence-electron chi connectivity index (χ3n) is 5.12. The van der Waals surface area contributed by atoms with Gasteiger partial charge in [0.15, 0.2) is 5.01 Å². The van der Waals surface area contributed by atoms with Gasteiger partial charge < -0.3 is 9.80 Å². The average molecular weight is 407 g/mol. The first kappa shape index (κ1) is 16.8. The molecule has 11 heteroatoms. The van der Waals surface area contributed by atoms with Crippen LogP contribution in [-0.2, 0) is 7.05 Å². The highest BCUT2D eigenvalue weighted by Crippen LogP contribution is 2.39. The predicted octanol–water partition coefficient (Wildman–Crippen LogP) is 2.09. The van der Waals surface area contributed by atoms with Crippen LogP contribution < -0.4 is 9.80 Å². The molecule has 8 nitrogen and oxygen atoms in total. The Kier molecular flexibility index (Phi) is 3.97. The second-order valence-corrected chi connectivity index (χ2v) is 8.28. The lowest BCUT2D eigenvalue weighted by molar-refractivity contribution is 0.533. The summed E-state index contributed by atoms with van der Waals surface area (Å²) in [6.07, 6.45) is 0. The standard InChI is InChI=1S/C16H16ClFN8S/c1-24-22-14(19-23-24)15-20-21-16(27-15)26-7-9-5-25(6-10(9)8-26)13-4-11(18)2-3-12(13)17/h2-4,9-10H,5-8H2,1H3. The maximum absolute atomic E-state index is 13.6. The largest absolute Gasteiger partial charge is 0.370 e. The first-order valence-corrected chi connectivity index (χ1v) is 9.79. The monoisotopic (exact) mass is 406 g/mol. The number of halogens is 2. The zero-order valence-electron chi connectivity index (χ0n) is 14.5. The van der Waals surface area contributed by atoms with E-state index in [0.717, 1.165) is 37.0 Å². The molecule has 2 saturated heterocycles. The highest BCUT2D eigenvalue weighted by molar-refractivity contribution is 7.18. The van der Waals surface area contributed by atoms with Gasteiger partial charge in [0, 0.05) is 38.0 Å². The number of benzene rings is 1. The second-order valence-electron chi connectivity index (χ2n) is 6.92. The minimum atomic E-state index is -0.257. The van der Waals surface area contributed by atoms with Gasteiger partial charge in [0.25, 0.3) is 0 Å². The molecule has 1 aromatic carbocycles. The summed E-state index contributed by atoms with van der Waals surface area (Å²) < 4.78 is 13.6. The number of nitrogens with zero attached hydrogens (tertiary/aromatic N) is 8. The number of aromatic nitrogens is 6. The number of rotatable bonds is 3. The topological polar surface area (TPSA) is 75.9 Å². The minimum Gasteiger partial charge on any atom is -0.370 e. The molecule has 0 saturated carbocycles. The van der Waals surface area contributed by atoms with E-state index in [1.807, 2.05) is 0 Å². The van der Waals surface area contributed by atoms with Crippen molar-refractivity contribution in [3.8, 4) is 10.8 Å². The molecule has 27 heavy (non-hydrogen) atoms. The van der Waals surface area contributed by atoms with E-state index in [0.29, 0.717) is 27.7 Å². The Labute approximate surface area is 163 Å². The second kappa shape index (κ2) is 6.38. The summed E-state index contributed by atoms with van der Waals surface area (Å²) in [6, 6.07) is 4.53. The van der Waals surface area contributed by atoms with Crippen LogP contribution >= 0.6 is 22.9 Å². The molecule has 3 aromatic rings. The van der Waals surface area contributed by atoms with Gasteiger partial charge in [-0.25, -0.2) is 4.39 Å². The van der Waals surface area contributed by atoms with Gasteiger partial charge in [0.05, 0.1) is 17.8 Å². The highest BCUT2D eigenvalue weighted by Gasteiger charge is 2.41. The van der Waals surface area contributed by atoms with E-state index in [2.05, 4.69) is 35.4 Å². The summed E-state index contributed by atoms with van der Waals surface area (Å²) in [6.45, 7) is 3.52. The van der Waals surface area contributed by atoms with Gasteiger partial charge >= 0.3 is 0 Å². The van der Waals surface area contributed by atoms with Crippen molar-refractivity contribution in [3.05, 3.63) is 29.0 Å². The van der Waals surface area contributed by atoms with Crippen LogP contribution in [0.25, 0.3) is 10.8 Å². The van der Waals surface area contributed by atoms with Crippen LogP contribution in [0.2, 0.25) is 5.02 Å². The maximum Gasteiger partial charge on any atom is 0.235 e. The summed E-state index contributed by atoms with van der Waals surface area (Å²) in [7, 11) is 1.72. The van der Waals surface area contributed by atoms with Crippen LogP contribution in [0.1, 0.15) is 0 Å². The van der Waals surface area contributed by atoms with Crippen molar-refractivity contribution < 1.29 is 4.39 Å². The number of hydrogen-bond acceptors (Lipinski definition) is 8. The fourth-order valence-electron chi connectivity index (χ4n) is 3.88. The molecule has 2 aromatic heterocycles. The van der Waals surface area contributed by atoms with E-state index < -0.39 is 0 Å². The Morgan fingerprint density at radius 3 is 2.52 bits per heavy atom. The number of hydrogen-bond donors (Lipinski definition) is 0. The summed E-state index contributed by atoms with van der Waals surface area (Å²) in [4.78, 5) is 5.85. The van der Waals surface area contributed by atoms with Gasteiger partial charge in [-0.05, 0) is 23.4 Å². The Morgan fingerprint density at radius 1 is 1.07 bits per heavy atom. The van der Waals surface area contributed by atoms with E-state index in [9.17, 15) is 4.39 Å². The van der Waals surface area contributed by atoms with Crippen molar-refractivity contribution >= 4 is 33.8 Å². The Morgan fingerprint density at radius 2 is 1.81 bits per heavy atom. The fraction of sp³-hybridized carbons (Fsp3) is 0.438. The molecule has 2 unspecified atom stereocenters. The van der Waals surface area contributed by atoms with E-state index in [-0.39, 0.29) is 5.82 Å². The van der Waals surface area contributed by atoms with Crippen molar-refractivity contribution in [1.29, 1.82) is 0 Å². The number of anilines is 2. The molecule has 0 bridgehead atoms. The summed E-state index contributed by atoms with van der Waals surface area (Å²) in [5.41, 5.74) is 0.782. The van der Waals surface area contributed by atoms with Gasteiger partial charge in [-0.1, -0.05) is 22.9 Å². The average Bonchev–Trinajstić information content (AvgIpc) is 3.38. The fourth-order valence-corrected chi connectivity index (χ4v) is 4.90. The van der Waals surface area contributed by atoms with Gasteiger partial charge in [-0.2, -0.15) is 4.80 Å². The van der Waals surface area contributed by atoms with Crippen molar-refractivity contribution in [3.63, 3.8) is 0 Å². The first-order valence-electron chi connectivity index (χ1n) is 8.59. The molecule has 0 radical (unpaired) electrons. The molecule has 2 aliphatic rings. The Bertz CT molecular complexity index is 976. The SMILES string of the molecule is Cn1nnc(-c2nnc(N3CC4CN(c5cc(F)ccc5Cl)CC4C3)s2)n1. The van der Waals surface area contributed by atoms with Crippen molar-refractivity contribution in [2.24, 2.45) is 18.9 Å². The van der Waals surface area contributed by atoms with Crippen LogP contribution in [0.15, 0.2) is 18.2 Å². The van der Waals surface area contributed by atoms with Gasteiger partial charge in [0.1, 0.15) is 5.82 Å². The van der Waals surface area contributed by atoms with Crippen molar-refractivity contribution in [2.45, 2.75) is 0 Å². The molecule has 5 rings (SSSR count). The molecule has 0 aliphatic carbocycles. The van der Waals surface area contributed by atoms with Gasteiger partial charge in [0.2, 0.25) is 11.0 Å². The smallest absolute Gasteiger partial charge is 0.235 e. The summed E-state index contributed by atoms with van der Waals surface area (Å²) in [5.74, 6) is 1.22. The molecule has 0 N–H and O–H groups in total. The quantitative estimate of drug-likeness (QED) is 0.659. The number of tetrazole rings is 1. The summed E-state index contributed by atoms with van der Waals surface area (Å²) in [5, 5.41) is 22.6. The molecular weight excluding hydrogens is 391 g/mol. The molecule has 4 heterocycles. The van der Waals surface area contributed by atoms with Gasteiger partial charge in [-0.3, -0.25) is 0 Å². The minimum absolute atomic E-state index is 0.257. The lowest BCUT2D eigenvalue weighted by atomic mass is 10.0.